The van der Waals surface area contributed by atoms with Crippen LogP contribution < -0.4 is 19.1 Å². The van der Waals surface area contributed by atoms with Crippen molar-refractivity contribution in [3.8, 4) is 17.2 Å². The van der Waals surface area contributed by atoms with Gasteiger partial charge in [-0.3, -0.25) is 4.72 Å². The first-order chi connectivity index (χ1) is 20.8. The third-order valence-electron chi connectivity index (χ3n) is 7.23. The fraction of sp³-hybridized carbons (Fsp3) is 0.265. The SMILES string of the molecule is [C-]#[N+]c1ccc(CN(Cc2ccc(Oc3cccc(OCC4CCOC4)c3)cc2)c2cccc(NS(C)(=O)=O)c2C)cc1. The predicted octanol–water partition coefficient (Wildman–Crippen LogP) is 7.33. The van der Waals surface area contributed by atoms with Crippen LogP contribution in [-0.2, 0) is 27.8 Å². The van der Waals surface area contributed by atoms with Crippen LogP contribution in [0.5, 0.6) is 17.2 Å². The quantitative estimate of drug-likeness (QED) is 0.172. The third-order valence-corrected chi connectivity index (χ3v) is 7.82. The van der Waals surface area contributed by atoms with E-state index in [0.29, 0.717) is 48.5 Å². The maximum atomic E-state index is 12.0. The summed E-state index contributed by atoms with van der Waals surface area (Å²) in [5, 5.41) is 0. The molecule has 1 aliphatic rings. The Bertz CT molecular complexity index is 1680. The molecule has 8 nitrogen and oxygen atoms in total. The summed E-state index contributed by atoms with van der Waals surface area (Å²) in [6.07, 6.45) is 2.17. The zero-order valence-electron chi connectivity index (χ0n) is 24.3. The molecule has 0 aliphatic carbocycles. The average Bonchev–Trinajstić information content (AvgIpc) is 3.52. The number of nitrogens with zero attached hydrogens (tertiary/aromatic N) is 2. The molecular formula is C34H35N3O5S. The van der Waals surface area contributed by atoms with Crippen molar-refractivity contribution in [2.45, 2.75) is 26.4 Å². The Labute approximate surface area is 253 Å². The van der Waals surface area contributed by atoms with Crippen molar-refractivity contribution in [3.05, 3.63) is 119 Å². The Hall–Kier alpha value is -4.52. The lowest BCUT2D eigenvalue weighted by molar-refractivity contribution is 0.167. The van der Waals surface area contributed by atoms with E-state index in [-0.39, 0.29) is 0 Å². The lowest BCUT2D eigenvalue weighted by Gasteiger charge is -2.28. The average molecular weight is 598 g/mol. The molecule has 1 unspecified atom stereocenters. The van der Waals surface area contributed by atoms with Gasteiger partial charge < -0.3 is 19.1 Å². The molecule has 9 heteroatoms. The van der Waals surface area contributed by atoms with Gasteiger partial charge in [-0.05, 0) is 66.4 Å². The number of ether oxygens (including phenoxy) is 3. The molecule has 222 valence electrons. The number of benzene rings is 4. The summed E-state index contributed by atoms with van der Waals surface area (Å²) in [4.78, 5) is 5.69. The van der Waals surface area contributed by atoms with Crippen LogP contribution in [0.1, 0.15) is 23.1 Å². The molecule has 4 aromatic carbocycles. The molecule has 0 spiro atoms. The van der Waals surface area contributed by atoms with Crippen molar-refractivity contribution in [1.29, 1.82) is 0 Å². The minimum atomic E-state index is -3.43. The smallest absolute Gasteiger partial charge is 0.229 e. The van der Waals surface area contributed by atoms with Gasteiger partial charge in [-0.25, -0.2) is 13.3 Å². The van der Waals surface area contributed by atoms with Gasteiger partial charge in [-0.1, -0.05) is 48.5 Å². The molecule has 0 amide bonds. The molecule has 0 radical (unpaired) electrons. The van der Waals surface area contributed by atoms with E-state index in [2.05, 4.69) is 14.5 Å². The largest absolute Gasteiger partial charge is 0.493 e. The van der Waals surface area contributed by atoms with Gasteiger partial charge in [0.25, 0.3) is 0 Å². The van der Waals surface area contributed by atoms with Crippen molar-refractivity contribution >= 4 is 27.1 Å². The van der Waals surface area contributed by atoms with Crippen molar-refractivity contribution in [3.63, 3.8) is 0 Å². The first-order valence-electron chi connectivity index (χ1n) is 14.1. The highest BCUT2D eigenvalue weighted by molar-refractivity contribution is 7.92. The van der Waals surface area contributed by atoms with Gasteiger partial charge in [-0.2, -0.15) is 0 Å². The Morgan fingerprint density at radius 3 is 2.26 bits per heavy atom. The molecule has 1 atom stereocenters. The van der Waals surface area contributed by atoms with Crippen LogP contribution in [0.3, 0.4) is 0 Å². The summed E-state index contributed by atoms with van der Waals surface area (Å²) in [7, 11) is -3.43. The molecule has 1 saturated heterocycles. The Morgan fingerprint density at radius 1 is 0.930 bits per heavy atom. The van der Waals surface area contributed by atoms with Gasteiger partial charge in [-0.15, -0.1) is 0 Å². The van der Waals surface area contributed by atoms with Crippen molar-refractivity contribution < 1.29 is 22.6 Å². The minimum absolute atomic E-state index is 0.428. The Kier molecular flexibility index (Phi) is 9.50. The Morgan fingerprint density at radius 2 is 1.60 bits per heavy atom. The summed E-state index contributed by atoms with van der Waals surface area (Å²) in [5.41, 5.74) is 4.96. The molecule has 5 rings (SSSR count). The third kappa shape index (κ3) is 8.51. The second kappa shape index (κ2) is 13.6. The van der Waals surface area contributed by atoms with Crippen molar-refractivity contribution in [2.75, 3.05) is 35.7 Å². The van der Waals surface area contributed by atoms with Gasteiger partial charge in [0.2, 0.25) is 10.0 Å². The normalized spacial score (nSPS) is 14.6. The summed E-state index contributed by atoms with van der Waals surface area (Å²) >= 11 is 0. The molecule has 43 heavy (non-hydrogen) atoms. The summed E-state index contributed by atoms with van der Waals surface area (Å²) in [6.45, 7) is 12.5. The van der Waals surface area contributed by atoms with E-state index in [0.717, 1.165) is 54.0 Å². The van der Waals surface area contributed by atoms with Crippen LogP contribution in [0.4, 0.5) is 17.1 Å². The highest BCUT2D eigenvalue weighted by atomic mass is 32.2. The van der Waals surface area contributed by atoms with Crippen LogP contribution >= 0.6 is 0 Å². The first-order valence-corrected chi connectivity index (χ1v) is 16.0. The lowest BCUT2D eigenvalue weighted by Crippen LogP contribution is -2.23. The van der Waals surface area contributed by atoms with E-state index in [1.165, 1.54) is 0 Å². The standard InChI is InChI=1S/C34H35N3O5S/c1-25-33(36-43(3,38)39)8-5-9-34(25)37(21-26-10-14-29(35-2)15-11-26)22-27-12-16-30(17-13-27)42-32-7-4-6-31(20-32)41-24-28-18-19-40-23-28/h4-17,20,28,36H,18-19,21-24H2,1,3H3. The van der Waals surface area contributed by atoms with Crippen molar-refractivity contribution in [1.82, 2.24) is 0 Å². The molecule has 1 heterocycles. The molecule has 1 N–H and O–H groups in total. The lowest BCUT2D eigenvalue weighted by atomic mass is 10.1. The number of rotatable bonds is 12. The summed E-state index contributed by atoms with van der Waals surface area (Å²) in [5.74, 6) is 2.60. The minimum Gasteiger partial charge on any atom is -0.493 e. The van der Waals surface area contributed by atoms with E-state index in [9.17, 15) is 8.42 Å². The monoisotopic (exact) mass is 597 g/mol. The Balaban J connectivity index is 1.32. The molecule has 1 aliphatic heterocycles. The van der Waals surface area contributed by atoms with Gasteiger partial charge in [0.05, 0.1) is 31.7 Å². The molecule has 0 bridgehead atoms. The van der Waals surface area contributed by atoms with Gasteiger partial charge in [0, 0.05) is 37.4 Å². The van der Waals surface area contributed by atoms with Crippen LogP contribution in [-0.4, -0.2) is 34.5 Å². The number of anilines is 2. The topological polar surface area (TPSA) is 81.5 Å². The molecule has 1 fully saturated rings. The maximum absolute atomic E-state index is 12.0. The van der Waals surface area contributed by atoms with Crippen LogP contribution in [0.15, 0.2) is 91.0 Å². The number of nitrogens with one attached hydrogen (secondary N) is 1. The highest BCUT2D eigenvalue weighted by Gasteiger charge is 2.17. The number of hydrogen-bond acceptors (Lipinski definition) is 6. The van der Waals surface area contributed by atoms with Crippen LogP contribution in [0.2, 0.25) is 0 Å². The van der Waals surface area contributed by atoms with E-state index < -0.39 is 10.0 Å². The molecule has 0 aromatic heterocycles. The highest BCUT2D eigenvalue weighted by Crippen LogP contribution is 2.31. The second-order valence-corrected chi connectivity index (χ2v) is 12.5. The predicted molar refractivity (Wildman–Crippen MR) is 170 cm³/mol. The van der Waals surface area contributed by atoms with Crippen LogP contribution in [0.25, 0.3) is 4.85 Å². The second-order valence-electron chi connectivity index (χ2n) is 10.7. The molecule has 4 aromatic rings. The van der Waals surface area contributed by atoms with E-state index in [1.807, 2.05) is 91.9 Å². The van der Waals surface area contributed by atoms with Crippen LogP contribution in [0, 0.1) is 19.4 Å². The first kappa shape index (κ1) is 30.0. The van der Waals surface area contributed by atoms with Gasteiger partial charge in [0.1, 0.15) is 17.2 Å². The summed E-state index contributed by atoms with van der Waals surface area (Å²) < 4.78 is 44.1. The van der Waals surface area contributed by atoms with E-state index in [4.69, 9.17) is 20.8 Å². The zero-order valence-corrected chi connectivity index (χ0v) is 25.1. The van der Waals surface area contributed by atoms with Crippen molar-refractivity contribution in [2.24, 2.45) is 5.92 Å². The fourth-order valence-corrected chi connectivity index (χ4v) is 5.60. The van der Waals surface area contributed by atoms with E-state index >= 15 is 0 Å². The number of hydrogen-bond donors (Lipinski definition) is 1. The van der Waals surface area contributed by atoms with E-state index in [1.54, 1.807) is 6.07 Å². The number of sulfonamides is 1. The molecular weight excluding hydrogens is 562 g/mol. The van der Waals surface area contributed by atoms with Gasteiger partial charge in [0.15, 0.2) is 5.69 Å². The van der Waals surface area contributed by atoms with Gasteiger partial charge >= 0.3 is 0 Å². The fourth-order valence-electron chi connectivity index (χ4n) is 4.97. The maximum Gasteiger partial charge on any atom is 0.229 e. The molecule has 0 saturated carbocycles. The zero-order chi connectivity index (χ0) is 30.2. The summed E-state index contributed by atoms with van der Waals surface area (Å²) in [6, 6.07) is 28.7.